The molecule has 5 aliphatic carbocycles. The van der Waals surface area contributed by atoms with Crippen LogP contribution in [0.3, 0.4) is 0 Å². The Balaban J connectivity index is 1.46. The molecule has 2 bridgehead atoms. The molecule has 7 heteroatoms. The van der Waals surface area contributed by atoms with Crippen molar-refractivity contribution in [2.45, 2.75) is 66.2 Å². The van der Waals surface area contributed by atoms with Gasteiger partial charge in [0.25, 0.3) is 0 Å². The van der Waals surface area contributed by atoms with E-state index in [1.165, 1.54) is 22.6 Å². The lowest BCUT2D eigenvalue weighted by Gasteiger charge is -2.68. The SMILES string of the molecule is CC(C)C1=C[C@]23CC[C@@H]4[C@@](C)(CCC[C@]4(C)C(=O)O)[C@@H]2C[C@@H]1[C@@H]1C(=O)N(c2ccc(C(=O)O)cc2)C(=O)[C@@H]13. The average Bonchev–Trinajstić information content (AvgIpc) is 3.15. The molecule has 1 aliphatic heterocycles. The molecule has 38 heavy (non-hydrogen) atoms. The largest absolute Gasteiger partial charge is 0.481 e. The van der Waals surface area contributed by atoms with E-state index in [2.05, 4.69) is 26.8 Å². The van der Waals surface area contributed by atoms with E-state index in [0.29, 0.717) is 12.1 Å². The molecule has 7 rings (SSSR count). The topological polar surface area (TPSA) is 112 Å². The lowest BCUT2D eigenvalue weighted by Crippen LogP contribution is -2.65. The summed E-state index contributed by atoms with van der Waals surface area (Å²) < 4.78 is 0. The molecule has 1 aromatic rings. The molecular weight excluding hydrogens is 482 g/mol. The van der Waals surface area contributed by atoms with Crippen molar-refractivity contribution in [2.24, 2.45) is 51.8 Å². The molecule has 202 valence electrons. The molecule has 0 unspecified atom stereocenters. The molecule has 0 radical (unpaired) electrons. The third-order valence-corrected chi connectivity index (χ3v) is 11.5. The second-order valence-electron chi connectivity index (χ2n) is 13.3. The molecule has 4 fully saturated rings. The summed E-state index contributed by atoms with van der Waals surface area (Å²) in [4.78, 5) is 53.5. The van der Waals surface area contributed by atoms with E-state index in [1.807, 2.05) is 6.92 Å². The molecule has 2 N–H and O–H groups in total. The van der Waals surface area contributed by atoms with E-state index in [0.717, 1.165) is 32.1 Å². The van der Waals surface area contributed by atoms with Crippen molar-refractivity contribution in [1.29, 1.82) is 0 Å². The number of fused-ring (bicyclic) bond motifs is 1. The minimum Gasteiger partial charge on any atom is -0.481 e. The molecule has 0 aromatic heterocycles. The number of nitrogens with zero attached hydrogens (tertiary/aromatic N) is 1. The van der Waals surface area contributed by atoms with Crippen LogP contribution >= 0.6 is 0 Å². The van der Waals surface area contributed by atoms with Crippen LogP contribution in [0.4, 0.5) is 5.69 Å². The first-order valence-corrected chi connectivity index (χ1v) is 14.0. The van der Waals surface area contributed by atoms with Gasteiger partial charge in [0, 0.05) is 5.41 Å². The summed E-state index contributed by atoms with van der Waals surface area (Å²) in [7, 11) is 0. The summed E-state index contributed by atoms with van der Waals surface area (Å²) >= 11 is 0. The summed E-state index contributed by atoms with van der Waals surface area (Å²) in [6.07, 6.45) is 7.13. The van der Waals surface area contributed by atoms with Gasteiger partial charge in [-0.1, -0.05) is 38.8 Å². The Kier molecular flexibility index (Phi) is 5.35. The third kappa shape index (κ3) is 3.02. The molecule has 1 spiro atoms. The van der Waals surface area contributed by atoms with E-state index in [4.69, 9.17) is 0 Å². The fourth-order valence-electron chi connectivity index (χ4n) is 9.97. The van der Waals surface area contributed by atoms with Gasteiger partial charge in [0.05, 0.1) is 28.5 Å². The number of carboxylic acid groups (broad SMARTS) is 2. The first kappa shape index (κ1) is 25.3. The number of rotatable bonds is 4. The van der Waals surface area contributed by atoms with E-state index >= 15 is 0 Å². The van der Waals surface area contributed by atoms with Gasteiger partial charge in [-0.3, -0.25) is 19.3 Å². The fraction of sp³-hybridized carbons (Fsp3) is 0.613. The van der Waals surface area contributed by atoms with E-state index < -0.39 is 34.6 Å². The van der Waals surface area contributed by atoms with Gasteiger partial charge >= 0.3 is 11.9 Å². The second-order valence-corrected chi connectivity index (χ2v) is 13.3. The van der Waals surface area contributed by atoms with Crippen molar-refractivity contribution in [3.05, 3.63) is 41.5 Å². The normalized spacial score (nSPS) is 41.4. The quantitative estimate of drug-likeness (QED) is 0.407. The highest BCUT2D eigenvalue weighted by Gasteiger charge is 2.73. The predicted octanol–water partition coefficient (Wildman–Crippen LogP) is 5.40. The Morgan fingerprint density at radius 3 is 2.26 bits per heavy atom. The zero-order valence-electron chi connectivity index (χ0n) is 22.6. The maximum atomic E-state index is 14.3. The molecule has 8 atom stereocenters. The lowest BCUT2D eigenvalue weighted by molar-refractivity contribution is -0.194. The summed E-state index contributed by atoms with van der Waals surface area (Å²) in [6.45, 7) is 8.51. The van der Waals surface area contributed by atoms with Crippen LogP contribution in [0.2, 0.25) is 0 Å². The molecule has 1 saturated heterocycles. The first-order chi connectivity index (χ1) is 17.9. The predicted molar refractivity (Wildman–Crippen MR) is 140 cm³/mol. The summed E-state index contributed by atoms with van der Waals surface area (Å²) in [5.41, 5.74) is 0.343. The van der Waals surface area contributed by atoms with Gasteiger partial charge < -0.3 is 10.2 Å². The number of hydrogen-bond acceptors (Lipinski definition) is 4. The highest BCUT2D eigenvalue weighted by Crippen LogP contribution is 2.74. The Labute approximate surface area is 223 Å². The Hall–Kier alpha value is -2.96. The van der Waals surface area contributed by atoms with Crippen molar-refractivity contribution < 1.29 is 29.4 Å². The lowest BCUT2D eigenvalue weighted by atomic mass is 9.34. The van der Waals surface area contributed by atoms with Crippen LogP contribution in [0.15, 0.2) is 35.9 Å². The Morgan fingerprint density at radius 1 is 0.974 bits per heavy atom. The number of aromatic carboxylic acids is 1. The molecule has 6 aliphatic rings. The minimum absolute atomic E-state index is 0.0393. The third-order valence-electron chi connectivity index (χ3n) is 11.5. The number of aliphatic carboxylic acids is 1. The molecule has 1 aromatic carbocycles. The summed E-state index contributed by atoms with van der Waals surface area (Å²) in [6, 6.07) is 5.99. The van der Waals surface area contributed by atoms with Crippen LogP contribution in [-0.4, -0.2) is 34.0 Å². The Bertz CT molecular complexity index is 1280. The summed E-state index contributed by atoms with van der Waals surface area (Å²) in [5, 5.41) is 19.6. The van der Waals surface area contributed by atoms with Crippen molar-refractivity contribution in [3.8, 4) is 0 Å². The van der Waals surface area contributed by atoms with Crippen molar-refractivity contribution in [3.63, 3.8) is 0 Å². The van der Waals surface area contributed by atoms with Crippen molar-refractivity contribution in [2.75, 3.05) is 4.90 Å². The van der Waals surface area contributed by atoms with Crippen LogP contribution < -0.4 is 4.90 Å². The Morgan fingerprint density at radius 2 is 1.66 bits per heavy atom. The van der Waals surface area contributed by atoms with E-state index in [-0.39, 0.29) is 46.5 Å². The van der Waals surface area contributed by atoms with Crippen LogP contribution in [0.25, 0.3) is 0 Å². The summed E-state index contributed by atoms with van der Waals surface area (Å²) in [5.74, 6) is -2.62. The molecule has 3 saturated carbocycles. The number of imide groups is 1. The van der Waals surface area contributed by atoms with Gasteiger partial charge in [0.15, 0.2) is 0 Å². The highest BCUT2D eigenvalue weighted by molar-refractivity contribution is 6.23. The monoisotopic (exact) mass is 519 g/mol. The number of carbonyl (C=O) groups is 4. The maximum absolute atomic E-state index is 14.3. The van der Waals surface area contributed by atoms with Crippen molar-refractivity contribution >= 4 is 29.4 Å². The smallest absolute Gasteiger partial charge is 0.335 e. The second kappa shape index (κ2) is 8.03. The van der Waals surface area contributed by atoms with Crippen LogP contribution in [0.5, 0.6) is 0 Å². The van der Waals surface area contributed by atoms with Gasteiger partial charge in [-0.25, -0.2) is 4.79 Å². The van der Waals surface area contributed by atoms with Crippen LogP contribution in [-0.2, 0) is 14.4 Å². The van der Waals surface area contributed by atoms with Crippen LogP contribution in [0, 0.1) is 51.8 Å². The molecular formula is C31H37NO6. The zero-order valence-corrected chi connectivity index (χ0v) is 22.6. The van der Waals surface area contributed by atoms with Gasteiger partial charge in [0.2, 0.25) is 11.8 Å². The van der Waals surface area contributed by atoms with Gasteiger partial charge in [-0.2, -0.15) is 0 Å². The number of amides is 2. The zero-order chi connectivity index (χ0) is 27.4. The molecule has 7 nitrogen and oxygen atoms in total. The maximum Gasteiger partial charge on any atom is 0.335 e. The fourth-order valence-corrected chi connectivity index (χ4v) is 9.97. The number of carbonyl (C=O) groups excluding carboxylic acids is 2. The van der Waals surface area contributed by atoms with Crippen molar-refractivity contribution in [1.82, 2.24) is 0 Å². The van der Waals surface area contributed by atoms with Gasteiger partial charge in [0.1, 0.15) is 0 Å². The van der Waals surface area contributed by atoms with Gasteiger partial charge in [-0.05, 0) is 92.4 Å². The number of carboxylic acids is 2. The molecule has 2 amide bonds. The standard InChI is InChI=1S/C31H37NO6/c1-16(2)20-15-31-13-10-21-29(3,11-5-12-30(21,4)28(37)38)22(31)14-19(20)23-24(31)26(34)32(25(23)33)18-8-6-17(7-9-18)27(35)36/h6-9,15-16,19,21-24H,5,10-14H2,1-4H3,(H,35,36)(H,37,38)/t19-,21+,22-,23-,24+,29+,30-,31+/m0/s1. The van der Waals surface area contributed by atoms with Gasteiger partial charge in [-0.15, -0.1) is 0 Å². The minimum atomic E-state index is -1.05. The average molecular weight is 520 g/mol. The molecule has 1 heterocycles. The number of benzene rings is 1. The highest BCUT2D eigenvalue weighted by atomic mass is 16.4. The van der Waals surface area contributed by atoms with Crippen LogP contribution in [0.1, 0.15) is 76.6 Å². The first-order valence-electron chi connectivity index (χ1n) is 14.0. The van der Waals surface area contributed by atoms with E-state index in [9.17, 15) is 29.4 Å². The van der Waals surface area contributed by atoms with E-state index in [1.54, 1.807) is 12.1 Å². The number of anilines is 1. The number of allylic oxidation sites excluding steroid dienone is 2. The number of hydrogen-bond donors (Lipinski definition) is 2.